The van der Waals surface area contributed by atoms with E-state index in [4.69, 9.17) is 4.74 Å². The Morgan fingerprint density at radius 2 is 2.20 bits per heavy atom. The van der Waals surface area contributed by atoms with Crippen molar-refractivity contribution in [1.29, 1.82) is 0 Å². The molecule has 0 bridgehead atoms. The number of sulfonamides is 1. The number of rotatable bonds is 1. The van der Waals surface area contributed by atoms with Gasteiger partial charge in [-0.1, -0.05) is 24.8 Å². The van der Waals surface area contributed by atoms with Gasteiger partial charge in [-0.25, -0.2) is 12.8 Å². The largest absolute Gasteiger partial charge is 0.377 e. The van der Waals surface area contributed by atoms with Crippen LogP contribution in [0.15, 0.2) is 36.7 Å². The third-order valence-corrected chi connectivity index (χ3v) is 6.23. The van der Waals surface area contributed by atoms with E-state index in [1.807, 2.05) is 0 Å². The fraction of sp³-hybridized carbons (Fsp3) is 0.385. The summed E-state index contributed by atoms with van der Waals surface area (Å²) in [5.74, 6) is -0.238. The Hall–Kier alpha value is -1.60. The van der Waals surface area contributed by atoms with E-state index in [0.717, 1.165) is 4.31 Å². The highest BCUT2D eigenvalue weighted by Gasteiger charge is 2.58. The van der Waals surface area contributed by atoms with E-state index in [-0.39, 0.29) is 19.0 Å². The van der Waals surface area contributed by atoms with Crippen LogP contribution < -0.4 is 5.32 Å². The molecule has 0 aromatic heterocycles. The van der Waals surface area contributed by atoms with Crippen molar-refractivity contribution in [1.82, 2.24) is 9.62 Å². The Kier molecular flexibility index (Phi) is 2.81. The Balaban J connectivity index is 2.21. The van der Waals surface area contributed by atoms with Gasteiger partial charge in [-0.2, -0.15) is 0 Å². The second-order valence-corrected chi connectivity index (χ2v) is 7.19. The molecule has 108 valence electrons. The maximum atomic E-state index is 14.1. The number of ether oxygens (including phenoxy) is 1. The summed E-state index contributed by atoms with van der Waals surface area (Å²) < 4.78 is 45.6. The van der Waals surface area contributed by atoms with Crippen molar-refractivity contribution in [3.8, 4) is 0 Å². The normalized spacial score (nSPS) is 31.8. The molecule has 0 aliphatic carbocycles. The average Bonchev–Trinajstić information content (AvgIpc) is 2.83. The van der Waals surface area contributed by atoms with Crippen LogP contribution in [0.1, 0.15) is 5.56 Å². The van der Waals surface area contributed by atoms with Crippen molar-refractivity contribution in [3.05, 3.63) is 48.0 Å². The first kappa shape index (κ1) is 13.4. The molecule has 5 nitrogen and oxygen atoms in total. The molecule has 20 heavy (non-hydrogen) atoms. The molecule has 0 amide bonds. The molecule has 2 fully saturated rings. The molecule has 1 aromatic rings. The van der Waals surface area contributed by atoms with Crippen molar-refractivity contribution in [2.24, 2.45) is 0 Å². The highest BCUT2D eigenvalue weighted by atomic mass is 32.2. The summed E-state index contributed by atoms with van der Waals surface area (Å²) >= 11 is 0. The van der Waals surface area contributed by atoms with Gasteiger partial charge in [0, 0.05) is 12.6 Å². The molecule has 2 heterocycles. The van der Waals surface area contributed by atoms with E-state index in [1.54, 1.807) is 18.2 Å². The Morgan fingerprint density at radius 3 is 2.90 bits per heavy atom. The molecule has 1 N–H and O–H groups in total. The van der Waals surface area contributed by atoms with Gasteiger partial charge in [0.05, 0.1) is 13.2 Å². The highest BCUT2D eigenvalue weighted by molar-refractivity contribution is 7.90. The number of benzene rings is 1. The summed E-state index contributed by atoms with van der Waals surface area (Å²) in [5, 5.41) is 2.17. The summed E-state index contributed by atoms with van der Waals surface area (Å²) in [7, 11) is -2.21. The van der Waals surface area contributed by atoms with Gasteiger partial charge in [0.2, 0.25) is 10.0 Å². The molecular formula is C13H15FN2O3S. The van der Waals surface area contributed by atoms with Crippen LogP contribution in [-0.4, -0.2) is 38.2 Å². The minimum absolute atomic E-state index is 0.0291. The van der Waals surface area contributed by atoms with Gasteiger partial charge in [0.25, 0.3) is 0 Å². The second-order valence-electron chi connectivity index (χ2n) is 5.04. The number of hydrogen-bond donors (Lipinski definition) is 1. The molecule has 0 radical (unpaired) electrons. The predicted octanol–water partition coefficient (Wildman–Crippen LogP) is 0.756. The number of fused-ring (bicyclic) bond motifs is 1. The summed E-state index contributed by atoms with van der Waals surface area (Å²) in [6.45, 7) is 3.83. The summed E-state index contributed by atoms with van der Waals surface area (Å²) in [6, 6.07) is 6.14. The maximum Gasteiger partial charge on any atom is 0.243 e. The van der Waals surface area contributed by atoms with Crippen LogP contribution in [0.4, 0.5) is 4.39 Å². The SMILES string of the molecule is C=C1NC2(c3ccccc3F)COCC2S(=O)(=O)N1C. The Bertz CT molecular complexity index is 676. The predicted molar refractivity (Wildman–Crippen MR) is 71.6 cm³/mol. The van der Waals surface area contributed by atoms with Crippen LogP contribution in [0.2, 0.25) is 0 Å². The van der Waals surface area contributed by atoms with Crippen LogP contribution in [-0.2, 0) is 20.3 Å². The first-order chi connectivity index (χ1) is 9.39. The smallest absolute Gasteiger partial charge is 0.243 e. The summed E-state index contributed by atoms with van der Waals surface area (Å²) in [5.41, 5.74) is -0.825. The van der Waals surface area contributed by atoms with Gasteiger partial charge < -0.3 is 10.1 Å². The van der Waals surface area contributed by atoms with Gasteiger partial charge in [-0.3, -0.25) is 4.31 Å². The first-order valence-electron chi connectivity index (χ1n) is 6.17. The molecule has 2 saturated heterocycles. The van der Waals surface area contributed by atoms with Crippen LogP contribution in [0.3, 0.4) is 0 Å². The molecule has 1 aromatic carbocycles. The van der Waals surface area contributed by atoms with Crippen LogP contribution in [0.5, 0.6) is 0 Å². The molecule has 7 heteroatoms. The molecule has 0 saturated carbocycles. The molecule has 2 unspecified atom stereocenters. The van der Waals surface area contributed by atoms with E-state index in [1.165, 1.54) is 13.1 Å². The Morgan fingerprint density at radius 1 is 1.50 bits per heavy atom. The van der Waals surface area contributed by atoms with Gasteiger partial charge in [-0.05, 0) is 6.07 Å². The van der Waals surface area contributed by atoms with E-state index >= 15 is 0 Å². The van der Waals surface area contributed by atoms with Crippen LogP contribution in [0.25, 0.3) is 0 Å². The average molecular weight is 298 g/mol. The number of nitrogens with one attached hydrogen (secondary N) is 1. The van der Waals surface area contributed by atoms with Crippen LogP contribution in [0, 0.1) is 5.82 Å². The molecule has 2 atom stereocenters. The van der Waals surface area contributed by atoms with Crippen molar-refractivity contribution in [2.45, 2.75) is 10.8 Å². The highest BCUT2D eigenvalue weighted by Crippen LogP contribution is 2.41. The topological polar surface area (TPSA) is 58.6 Å². The van der Waals surface area contributed by atoms with E-state index in [9.17, 15) is 12.8 Å². The molecule has 0 spiro atoms. The lowest BCUT2D eigenvalue weighted by Crippen LogP contribution is -2.63. The zero-order chi connectivity index (χ0) is 14.5. The lowest BCUT2D eigenvalue weighted by molar-refractivity contribution is 0.166. The fourth-order valence-corrected chi connectivity index (χ4v) is 4.61. The van der Waals surface area contributed by atoms with Crippen molar-refractivity contribution in [2.75, 3.05) is 20.3 Å². The molecule has 3 rings (SSSR count). The van der Waals surface area contributed by atoms with Gasteiger partial charge in [0.15, 0.2) is 0 Å². The minimum Gasteiger partial charge on any atom is -0.377 e. The zero-order valence-corrected chi connectivity index (χ0v) is 11.8. The first-order valence-corrected chi connectivity index (χ1v) is 7.67. The summed E-state index contributed by atoms with van der Waals surface area (Å²) in [6.07, 6.45) is 0. The number of halogens is 1. The third-order valence-electron chi connectivity index (χ3n) is 3.99. The second kappa shape index (κ2) is 4.20. The number of nitrogens with zero attached hydrogens (tertiary/aromatic N) is 1. The van der Waals surface area contributed by atoms with E-state index < -0.39 is 26.6 Å². The van der Waals surface area contributed by atoms with Crippen molar-refractivity contribution >= 4 is 10.0 Å². The van der Waals surface area contributed by atoms with Crippen molar-refractivity contribution in [3.63, 3.8) is 0 Å². The maximum absolute atomic E-state index is 14.1. The molecule has 2 aliphatic heterocycles. The third kappa shape index (κ3) is 1.59. The quantitative estimate of drug-likeness (QED) is 0.831. The van der Waals surface area contributed by atoms with Gasteiger partial charge in [0.1, 0.15) is 22.4 Å². The Labute approximate surface area is 117 Å². The molecule has 2 aliphatic rings. The standard InChI is InChI=1S/C13H15FN2O3S/c1-9-15-13(10-5-3-4-6-11(10)14)8-19-7-12(13)20(17,18)16(9)2/h3-6,12,15H,1,7-8H2,2H3. The van der Waals surface area contributed by atoms with Gasteiger partial charge in [-0.15, -0.1) is 0 Å². The van der Waals surface area contributed by atoms with Crippen LogP contribution >= 0.6 is 0 Å². The van der Waals surface area contributed by atoms with Gasteiger partial charge >= 0.3 is 0 Å². The van der Waals surface area contributed by atoms with Crippen molar-refractivity contribution < 1.29 is 17.5 Å². The fourth-order valence-electron chi connectivity index (χ4n) is 2.84. The zero-order valence-electron chi connectivity index (χ0n) is 11.0. The molecular weight excluding hydrogens is 283 g/mol. The lowest BCUT2D eigenvalue weighted by atomic mass is 9.88. The number of hydrogen-bond acceptors (Lipinski definition) is 4. The van der Waals surface area contributed by atoms with E-state index in [2.05, 4.69) is 11.9 Å². The monoisotopic (exact) mass is 298 g/mol. The lowest BCUT2D eigenvalue weighted by Gasteiger charge is -2.44. The van der Waals surface area contributed by atoms with E-state index in [0.29, 0.717) is 5.56 Å². The summed E-state index contributed by atoms with van der Waals surface area (Å²) in [4.78, 5) is 0. The minimum atomic E-state index is -3.63.